The van der Waals surface area contributed by atoms with Gasteiger partial charge in [0.1, 0.15) is 5.75 Å². The lowest BCUT2D eigenvalue weighted by molar-refractivity contribution is 0.113. The van der Waals surface area contributed by atoms with Crippen LogP contribution in [0.4, 0.5) is 5.69 Å². The highest BCUT2D eigenvalue weighted by Crippen LogP contribution is 2.57. The fraction of sp³-hybridized carbons (Fsp3) is 0.562. The summed E-state index contributed by atoms with van der Waals surface area (Å²) < 4.78 is 5.20. The van der Waals surface area contributed by atoms with Crippen molar-refractivity contribution in [1.29, 1.82) is 0 Å². The zero-order chi connectivity index (χ0) is 14.0. The van der Waals surface area contributed by atoms with E-state index in [9.17, 15) is 0 Å². The van der Waals surface area contributed by atoms with Gasteiger partial charge in [-0.25, -0.2) is 0 Å². The van der Waals surface area contributed by atoms with Crippen molar-refractivity contribution in [3.05, 3.63) is 24.3 Å². The van der Waals surface area contributed by atoms with Crippen molar-refractivity contribution in [3.8, 4) is 5.75 Å². The number of nitrogens with two attached hydrogens (primary N) is 1. The summed E-state index contributed by atoms with van der Waals surface area (Å²) in [5.74, 6) is 2.23. The number of hydrogen-bond donors (Lipinski definition) is 2. The largest absolute Gasteiger partial charge is 0.497 e. The highest BCUT2D eigenvalue weighted by molar-refractivity contribution is 14.0. The molecule has 1 aromatic carbocycles. The summed E-state index contributed by atoms with van der Waals surface area (Å²) >= 11 is 0. The molecule has 0 spiro atoms. The molecule has 0 atom stereocenters. The number of methoxy groups -OCH3 is 1. The van der Waals surface area contributed by atoms with Crippen LogP contribution in [0.1, 0.15) is 32.1 Å². The Morgan fingerprint density at radius 2 is 2.19 bits per heavy atom. The number of guanidine groups is 1. The lowest BCUT2D eigenvalue weighted by Gasteiger charge is -2.41. The Hall–Kier alpha value is -0.980. The third-order valence-electron chi connectivity index (χ3n) is 4.70. The topological polar surface area (TPSA) is 59.6 Å². The van der Waals surface area contributed by atoms with Gasteiger partial charge in [0.05, 0.1) is 7.11 Å². The van der Waals surface area contributed by atoms with Crippen LogP contribution in [0.25, 0.3) is 0 Å². The van der Waals surface area contributed by atoms with Gasteiger partial charge in [-0.3, -0.25) is 4.99 Å². The lowest BCUT2D eigenvalue weighted by atomic mass is 9.65. The summed E-state index contributed by atoms with van der Waals surface area (Å²) in [5.41, 5.74) is 7.39. The van der Waals surface area contributed by atoms with Crippen LogP contribution in [0.3, 0.4) is 0 Å². The molecule has 5 heteroatoms. The first-order valence-corrected chi connectivity index (χ1v) is 7.43. The Labute approximate surface area is 143 Å². The highest BCUT2D eigenvalue weighted by Gasteiger charge is 2.48. The van der Waals surface area contributed by atoms with Crippen molar-refractivity contribution in [2.24, 2.45) is 22.1 Å². The normalized spacial score (nSPS) is 20.1. The Morgan fingerprint density at radius 1 is 1.43 bits per heavy atom. The van der Waals surface area contributed by atoms with E-state index in [2.05, 4.69) is 10.3 Å². The molecule has 0 heterocycles. The molecule has 0 aromatic heterocycles. The molecule has 0 unspecified atom stereocenters. The summed E-state index contributed by atoms with van der Waals surface area (Å²) in [6, 6.07) is 7.73. The third-order valence-corrected chi connectivity index (χ3v) is 4.70. The van der Waals surface area contributed by atoms with Crippen molar-refractivity contribution < 1.29 is 4.74 Å². The predicted molar refractivity (Wildman–Crippen MR) is 97.5 cm³/mol. The van der Waals surface area contributed by atoms with Crippen molar-refractivity contribution >= 4 is 35.6 Å². The van der Waals surface area contributed by atoms with E-state index in [0.717, 1.165) is 23.9 Å². The second kappa shape index (κ2) is 6.85. The average molecular weight is 401 g/mol. The van der Waals surface area contributed by atoms with Crippen LogP contribution < -0.4 is 15.8 Å². The molecule has 1 aromatic rings. The Morgan fingerprint density at radius 3 is 2.76 bits per heavy atom. The molecule has 0 bridgehead atoms. The molecule has 0 amide bonds. The van der Waals surface area contributed by atoms with Gasteiger partial charge in [0, 0.05) is 18.3 Å². The summed E-state index contributed by atoms with van der Waals surface area (Å²) in [7, 11) is 1.66. The predicted octanol–water partition coefficient (Wildman–Crippen LogP) is 3.62. The van der Waals surface area contributed by atoms with Gasteiger partial charge in [-0.2, -0.15) is 0 Å². The van der Waals surface area contributed by atoms with Gasteiger partial charge in [0.2, 0.25) is 0 Å². The molecule has 2 aliphatic carbocycles. The van der Waals surface area contributed by atoms with E-state index in [1.807, 2.05) is 24.3 Å². The van der Waals surface area contributed by atoms with Gasteiger partial charge in [-0.05, 0) is 49.1 Å². The summed E-state index contributed by atoms with van der Waals surface area (Å²) in [6.45, 7) is 0.875. The molecule has 3 rings (SSSR count). The summed E-state index contributed by atoms with van der Waals surface area (Å²) in [6.07, 6.45) is 6.79. The molecule has 21 heavy (non-hydrogen) atoms. The number of anilines is 1. The zero-order valence-corrected chi connectivity index (χ0v) is 14.8. The molecule has 2 aliphatic rings. The van der Waals surface area contributed by atoms with E-state index in [0.29, 0.717) is 11.4 Å². The van der Waals surface area contributed by atoms with Crippen LogP contribution in [-0.4, -0.2) is 19.6 Å². The molecule has 3 N–H and O–H groups in total. The number of rotatable bonds is 5. The monoisotopic (exact) mass is 401 g/mol. The van der Waals surface area contributed by atoms with Gasteiger partial charge in [-0.15, -0.1) is 24.0 Å². The number of benzene rings is 1. The van der Waals surface area contributed by atoms with Crippen molar-refractivity contribution in [2.75, 3.05) is 19.0 Å². The second-order valence-electron chi connectivity index (χ2n) is 6.05. The van der Waals surface area contributed by atoms with E-state index in [1.165, 1.54) is 32.1 Å². The molecule has 4 nitrogen and oxygen atoms in total. The van der Waals surface area contributed by atoms with E-state index >= 15 is 0 Å². The highest BCUT2D eigenvalue weighted by atomic mass is 127. The van der Waals surface area contributed by atoms with Crippen molar-refractivity contribution in [3.63, 3.8) is 0 Å². The SMILES string of the molecule is COc1cccc(NC(N)=NCC2(C3CC3)CCC2)c1.I. The Balaban J connectivity index is 0.00000161. The minimum Gasteiger partial charge on any atom is -0.497 e. The van der Waals surface area contributed by atoms with E-state index in [1.54, 1.807) is 7.11 Å². The number of ether oxygens (including phenoxy) is 1. The van der Waals surface area contributed by atoms with Crippen LogP contribution in [0, 0.1) is 11.3 Å². The van der Waals surface area contributed by atoms with Gasteiger partial charge in [0.15, 0.2) is 5.96 Å². The molecule has 0 saturated heterocycles. The first kappa shape index (κ1) is 16.4. The maximum atomic E-state index is 6.00. The van der Waals surface area contributed by atoms with E-state index in [-0.39, 0.29) is 24.0 Å². The van der Waals surface area contributed by atoms with Crippen LogP contribution in [0.2, 0.25) is 0 Å². The van der Waals surface area contributed by atoms with Crippen LogP contribution in [-0.2, 0) is 0 Å². The van der Waals surface area contributed by atoms with Crippen LogP contribution in [0.5, 0.6) is 5.75 Å². The first-order valence-electron chi connectivity index (χ1n) is 7.43. The second-order valence-corrected chi connectivity index (χ2v) is 6.05. The maximum absolute atomic E-state index is 6.00. The quantitative estimate of drug-likeness (QED) is 0.450. The number of hydrogen-bond acceptors (Lipinski definition) is 2. The minimum atomic E-state index is 0. The Kier molecular flexibility index (Phi) is 5.35. The third kappa shape index (κ3) is 3.81. The van der Waals surface area contributed by atoms with Crippen molar-refractivity contribution in [1.82, 2.24) is 0 Å². The maximum Gasteiger partial charge on any atom is 0.193 e. The number of nitrogens with zero attached hydrogens (tertiary/aromatic N) is 1. The van der Waals surface area contributed by atoms with Gasteiger partial charge in [-0.1, -0.05) is 12.5 Å². The summed E-state index contributed by atoms with van der Waals surface area (Å²) in [5, 5.41) is 3.14. The molecule has 0 aliphatic heterocycles. The summed E-state index contributed by atoms with van der Waals surface area (Å²) in [4.78, 5) is 4.57. The molecular formula is C16H24IN3O. The Bertz CT molecular complexity index is 510. The average Bonchev–Trinajstić information content (AvgIpc) is 3.22. The molecule has 0 radical (unpaired) electrons. The molecule has 2 saturated carbocycles. The van der Waals surface area contributed by atoms with E-state index < -0.39 is 0 Å². The number of aliphatic imine (C=N–C) groups is 1. The molecular weight excluding hydrogens is 377 g/mol. The fourth-order valence-electron chi connectivity index (χ4n) is 3.15. The minimum absolute atomic E-state index is 0. The van der Waals surface area contributed by atoms with Crippen LogP contribution >= 0.6 is 24.0 Å². The number of nitrogens with one attached hydrogen (secondary N) is 1. The standard InChI is InChI=1S/C16H23N3O.HI/c1-20-14-5-2-4-13(10-14)19-15(17)18-11-16(8-3-9-16)12-6-7-12;/h2,4-5,10,12H,3,6-9,11H2,1H3,(H3,17,18,19);1H. The smallest absolute Gasteiger partial charge is 0.193 e. The van der Waals surface area contributed by atoms with Crippen LogP contribution in [0.15, 0.2) is 29.3 Å². The lowest BCUT2D eigenvalue weighted by Crippen LogP contribution is -2.36. The molecule has 116 valence electrons. The van der Waals surface area contributed by atoms with Gasteiger partial charge < -0.3 is 15.8 Å². The van der Waals surface area contributed by atoms with Gasteiger partial charge in [0.25, 0.3) is 0 Å². The van der Waals surface area contributed by atoms with Crippen molar-refractivity contribution in [2.45, 2.75) is 32.1 Å². The van der Waals surface area contributed by atoms with Gasteiger partial charge >= 0.3 is 0 Å². The first-order chi connectivity index (χ1) is 9.72. The molecule has 2 fully saturated rings. The zero-order valence-electron chi connectivity index (χ0n) is 12.5. The fourth-order valence-corrected chi connectivity index (χ4v) is 3.15. The number of halogens is 1. The van der Waals surface area contributed by atoms with E-state index in [4.69, 9.17) is 10.5 Å².